The summed E-state index contributed by atoms with van der Waals surface area (Å²) in [6, 6.07) is 4.08. The summed E-state index contributed by atoms with van der Waals surface area (Å²) in [5, 5.41) is 0.234. The fourth-order valence-electron chi connectivity index (χ4n) is 1.93. The first kappa shape index (κ1) is 11.5. The summed E-state index contributed by atoms with van der Waals surface area (Å²) in [5.74, 6) is 0. The predicted molar refractivity (Wildman–Crippen MR) is 69.2 cm³/mol. The summed E-state index contributed by atoms with van der Waals surface area (Å²) >= 11 is 13.8. The highest BCUT2D eigenvalue weighted by molar-refractivity contribution is 7.16. The van der Waals surface area contributed by atoms with Crippen LogP contribution < -0.4 is 0 Å². The van der Waals surface area contributed by atoms with E-state index in [1.165, 1.54) is 29.7 Å². The topological polar surface area (TPSA) is 0 Å². The van der Waals surface area contributed by atoms with Crippen molar-refractivity contribution in [2.45, 2.75) is 37.5 Å². The lowest BCUT2D eigenvalue weighted by Crippen LogP contribution is -1.93. The van der Waals surface area contributed by atoms with Crippen LogP contribution in [0.25, 0.3) is 0 Å². The highest BCUT2D eigenvalue weighted by atomic mass is 35.5. The quantitative estimate of drug-likeness (QED) is 0.516. The third-order valence-electron chi connectivity index (χ3n) is 2.67. The van der Waals surface area contributed by atoms with Gasteiger partial charge in [-0.1, -0.05) is 29.7 Å². The highest BCUT2D eigenvalue weighted by Gasteiger charge is 2.10. The fraction of sp³-hybridized carbons (Fsp3) is 0.500. The molecule has 1 heterocycles. The van der Waals surface area contributed by atoms with Crippen LogP contribution in [0.5, 0.6) is 0 Å². The molecule has 0 amide bonds. The molecule has 1 aliphatic rings. The molecule has 0 fully saturated rings. The molecule has 1 aliphatic carbocycles. The third-order valence-corrected chi connectivity index (χ3v) is 4.25. The molecule has 0 radical (unpaired) electrons. The van der Waals surface area contributed by atoms with E-state index in [1.807, 2.05) is 6.07 Å². The minimum absolute atomic E-state index is 0.234. The first-order chi connectivity index (χ1) is 7.24. The Bertz CT molecular complexity index is 354. The lowest BCUT2D eigenvalue weighted by molar-refractivity contribution is 0.710. The van der Waals surface area contributed by atoms with Crippen LogP contribution in [0.1, 0.15) is 30.6 Å². The molecule has 0 N–H and O–H groups in total. The van der Waals surface area contributed by atoms with Crippen LogP contribution in [0.2, 0.25) is 4.34 Å². The summed E-state index contributed by atoms with van der Waals surface area (Å²) in [5.41, 5.74) is 1.48. The molecule has 0 nitrogen and oxygen atoms in total. The van der Waals surface area contributed by atoms with Gasteiger partial charge in [0.1, 0.15) is 0 Å². The van der Waals surface area contributed by atoms with Gasteiger partial charge in [-0.05, 0) is 31.4 Å². The maximum atomic E-state index is 6.19. The molecule has 82 valence electrons. The van der Waals surface area contributed by atoms with E-state index in [9.17, 15) is 0 Å². The van der Waals surface area contributed by atoms with E-state index in [-0.39, 0.29) is 5.38 Å². The second-order valence-electron chi connectivity index (χ2n) is 3.97. The zero-order valence-corrected chi connectivity index (χ0v) is 10.8. The molecule has 0 saturated carbocycles. The monoisotopic (exact) mass is 260 g/mol. The van der Waals surface area contributed by atoms with E-state index in [2.05, 4.69) is 12.1 Å². The van der Waals surface area contributed by atoms with Gasteiger partial charge in [-0.15, -0.1) is 22.9 Å². The van der Waals surface area contributed by atoms with Crippen molar-refractivity contribution >= 4 is 34.5 Å². The molecule has 3 heteroatoms. The fourth-order valence-corrected chi connectivity index (χ4v) is 3.40. The van der Waals surface area contributed by atoms with Crippen molar-refractivity contribution in [3.05, 3.63) is 33.0 Å². The Kier molecular flexibility index (Phi) is 4.13. The van der Waals surface area contributed by atoms with Crippen molar-refractivity contribution in [3.8, 4) is 0 Å². The van der Waals surface area contributed by atoms with Crippen LogP contribution in [-0.2, 0) is 6.42 Å². The van der Waals surface area contributed by atoms with Crippen LogP contribution >= 0.6 is 34.5 Å². The smallest absolute Gasteiger partial charge is 0.0931 e. The number of thiophene rings is 1. The molecule has 0 spiro atoms. The first-order valence-corrected chi connectivity index (χ1v) is 6.95. The molecular formula is C12H14Cl2S. The largest absolute Gasteiger partial charge is 0.128 e. The SMILES string of the molecule is Clc1ccc(CC2=CC(Cl)CCCC2)s1. The molecular weight excluding hydrogens is 247 g/mol. The predicted octanol–water partition coefficient (Wildman–Crippen LogP) is 5.05. The van der Waals surface area contributed by atoms with Crippen molar-refractivity contribution in [2.75, 3.05) is 0 Å². The Morgan fingerprint density at radius 1 is 1.33 bits per heavy atom. The van der Waals surface area contributed by atoms with Gasteiger partial charge < -0.3 is 0 Å². The zero-order valence-electron chi connectivity index (χ0n) is 8.51. The van der Waals surface area contributed by atoms with Crippen molar-refractivity contribution < 1.29 is 0 Å². The maximum Gasteiger partial charge on any atom is 0.0931 e. The number of alkyl halides is 1. The lowest BCUT2D eigenvalue weighted by atomic mass is 10.1. The van der Waals surface area contributed by atoms with Gasteiger partial charge in [-0.25, -0.2) is 0 Å². The van der Waals surface area contributed by atoms with E-state index in [0.717, 1.165) is 17.2 Å². The Balaban J connectivity index is 2.04. The number of rotatable bonds is 2. The first-order valence-electron chi connectivity index (χ1n) is 5.32. The maximum absolute atomic E-state index is 6.19. The average molecular weight is 261 g/mol. The molecule has 0 bridgehead atoms. The molecule has 15 heavy (non-hydrogen) atoms. The summed E-state index contributed by atoms with van der Waals surface area (Å²) in [6.45, 7) is 0. The average Bonchev–Trinajstić information content (AvgIpc) is 2.46. The normalized spacial score (nSPS) is 22.3. The molecule has 1 aromatic rings. The third kappa shape index (κ3) is 3.51. The van der Waals surface area contributed by atoms with Crippen molar-refractivity contribution in [1.29, 1.82) is 0 Å². The second kappa shape index (κ2) is 5.38. The molecule has 0 aliphatic heterocycles. The van der Waals surface area contributed by atoms with E-state index < -0.39 is 0 Å². The minimum Gasteiger partial charge on any atom is -0.128 e. The van der Waals surface area contributed by atoms with Crippen LogP contribution in [0, 0.1) is 0 Å². The lowest BCUT2D eigenvalue weighted by Gasteiger charge is -2.03. The molecule has 1 atom stereocenters. The van der Waals surface area contributed by atoms with Crippen LogP contribution in [0.15, 0.2) is 23.8 Å². The Morgan fingerprint density at radius 3 is 2.93 bits per heavy atom. The van der Waals surface area contributed by atoms with Gasteiger partial charge in [0.25, 0.3) is 0 Å². The molecule has 1 unspecified atom stereocenters. The van der Waals surface area contributed by atoms with Gasteiger partial charge in [0, 0.05) is 11.3 Å². The number of hydrogen-bond donors (Lipinski definition) is 0. The zero-order chi connectivity index (χ0) is 10.7. The van der Waals surface area contributed by atoms with Crippen LogP contribution in [0.3, 0.4) is 0 Å². The Labute approximate surface area is 105 Å². The van der Waals surface area contributed by atoms with Crippen LogP contribution in [0.4, 0.5) is 0 Å². The summed E-state index contributed by atoms with van der Waals surface area (Å²) in [4.78, 5) is 1.34. The van der Waals surface area contributed by atoms with Gasteiger partial charge >= 0.3 is 0 Å². The molecule has 1 aromatic heterocycles. The second-order valence-corrected chi connectivity index (χ2v) is 6.33. The van der Waals surface area contributed by atoms with Crippen molar-refractivity contribution in [1.82, 2.24) is 0 Å². The number of allylic oxidation sites excluding steroid dienone is 2. The number of halogens is 2. The van der Waals surface area contributed by atoms with Crippen molar-refractivity contribution in [2.24, 2.45) is 0 Å². The van der Waals surface area contributed by atoms with Gasteiger partial charge in [0.15, 0.2) is 0 Å². The Morgan fingerprint density at radius 2 is 2.20 bits per heavy atom. The van der Waals surface area contributed by atoms with Gasteiger partial charge in [0.2, 0.25) is 0 Å². The highest BCUT2D eigenvalue weighted by Crippen LogP contribution is 2.28. The van der Waals surface area contributed by atoms with Gasteiger partial charge in [-0.2, -0.15) is 0 Å². The summed E-state index contributed by atoms with van der Waals surface area (Å²) < 4.78 is 0.877. The molecule has 2 rings (SSSR count). The minimum atomic E-state index is 0.234. The molecule has 0 saturated heterocycles. The molecule has 0 aromatic carbocycles. The van der Waals surface area contributed by atoms with Crippen molar-refractivity contribution in [3.63, 3.8) is 0 Å². The van der Waals surface area contributed by atoms with E-state index in [4.69, 9.17) is 23.2 Å². The van der Waals surface area contributed by atoms with E-state index in [0.29, 0.717) is 0 Å². The number of hydrogen-bond acceptors (Lipinski definition) is 1. The van der Waals surface area contributed by atoms with Gasteiger partial charge in [0.05, 0.1) is 9.71 Å². The van der Waals surface area contributed by atoms with E-state index in [1.54, 1.807) is 11.3 Å². The van der Waals surface area contributed by atoms with Crippen LogP contribution in [-0.4, -0.2) is 5.38 Å². The Hall–Kier alpha value is 0.0200. The summed E-state index contributed by atoms with van der Waals surface area (Å²) in [6.07, 6.45) is 8.10. The standard InChI is InChI=1S/C12H14Cl2S/c13-10-4-2-1-3-9(7-10)8-11-5-6-12(14)15-11/h5-7,10H,1-4,8H2. The van der Waals surface area contributed by atoms with E-state index >= 15 is 0 Å². The summed E-state index contributed by atoms with van der Waals surface area (Å²) in [7, 11) is 0. The van der Waals surface area contributed by atoms with Gasteiger partial charge in [-0.3, -0.25) is 0 Å².